The van der Waals surface area contributed by atoms with Crippen LogP contribution in [0.1, 0.15) is 20.3 Å². The van der Waals surface area contributed by atoms with Crippen molar-refractivity contribution in [1.29, 1.82) is 0 Å². The molecule has 1 unspecified atom stereocenters. The van der Waals surface area contributed by atoms with Crippen molar-refractivity contribution in [3.63, 3.8) is 0 Å². The number of halogens is 3. The van der Waals surface area contributed by atoms with Crippen LogP contribution in [0.2, 0.25) is 0 Å². The van der Waals surface area contributed by atoms with Crippen LogP contribution in [-0.4, -0.2) is 26.1 Å². The van der Waals surface area contributed by atoms with E-state index in [9.17, 15) is 17.2 Å². The van der Waals surface area contributed by atoms with Gasteiger partial charge in [0, 0.05) is 11.9 Å². The van der Waals surface area contributed by atoms with Crippen molar-refractivity contribution in [3.05, 3.63) is 0 Å². The van der Waals surface area contributed by atoms with E-state index in [4.69, 9.17) is 11.6 Å². The highest BCUT2D eigenvalue weighted by Gasteiger charge is 2.27. The Hall–Kier alpha value is 0.0600. The number of hydrogen-bond donors (Lipinski definition) is 1. The lowest BCUT2D eigenvalue weighted by atomic mass is 10.1. The van der Waals surface area contributed by atoms with Crippen LogP contribution in [0.4, 0.5) is 8.78 Å². The van der Waals surface area contributed by atoms with Gasteiger partial charge in [-0.1, -0.05) is 13.8 Å². The SMILES string of the molecule is CC(C)CC(CCl)NS(=O)(=O)C(F)F. The summed E-state index contributed by atoms with van der Waals surface area (Å²) in [5.41, 5.74) is 0. The van der Waals surface area contributed by atoms with Crippen LogP contribution in [0.3, 0.4) is 0 Å². The van der Waals surface area contributed by atoms with Gasteiger partial charge in [-0.25, -0.2) is 13.1 Å². The quantitative estimate of drug-likeness (QED) is 0.730. The van der Waals surface area contributed by atoms with Gasteiger partial charge in [-0.05, 0) is 12.3 Å². The van der Waals surface area contributed by atoms with Gasteiger partial charge in [0.25, 0.3) is 10.0 Å². The molecule has 0 bridgehead atoms. The molecule has 0 heterocycles. The normalized spacial score (nSPS) is 15.1. The summed E-state index contributed by atoms with van der Waals surface area (Å²) in [7, 11) is -4.52. The van der Waals surface area contributed by atoms with Crippen molar-refractivity contribution in [3.8, 4) is 0 Å². The Morgan fingerprint density at radius 3 is 2.14 bits per heavy atom. The lowest BCUT2D eigenvalue weighted by Crippen LogP contribution is -2.40. The summed E-state index contributed by atoms with van der Waals surface area (Å²) in [4.78, 5) is 0. The molecular formula is C7H14ClF2NO2S. The van der Waals surface area contributed by atoms with E-state index >= 15 is 0 Å². The maximum atomic E-state index is 12.0. The first kappa shape index (κ1) is 14.1. The van der Waals surface area contributed by atoms with Gasteiger partial charge in [0.1, 0.15) is 0 Å². The molecule has 0 aliphatic rings. The molecular weight excluding hydrogens is 236 g/mol. The number of hydrogen-bond acceptors (Lipinski definition) is 2. The summed E-state index contributed by atoms with van der Waals surface area (Å²) in [6, 6.07) is -0.629. The number of nitrogens with one attached hydrogen (secondary N) is 1. The highest BCUT2D eigenvalue weighted by Crippen LogP contribution is 2.10. The van der Waals surface area contributed by atoms with Crippen LogP contribution in [0.15, 0.2) is 0 Å². The minimum Gasteiger partial charge on any atom is -0.206 e. The first-order valence-electron chi connectivity index (χ1n) is 4.14. The predicted octanol–water partition coefficient (Wildman–Crippen LogP) is 1.78. The number of rotatable bonds is 6. The molecule has 0 spiro atoms. The fraction of sp³-hybridized carbons (Fsp3) is 1.00. The van der Waals surface area contributed by atoms with Crippen molar-refractivity contribution < 1.29 is 17.2 Å². The minimum absolute atomic E-state index is 0.00979. The van der Waals surface area contributed by atoms with Crippen LogP contribution in [0.5, 0.6) is 0 Å². The lowest BCUT2D eigenvalue weighted by molar-refractivity contribution is 0.231. The largest absolute Gasteiger partial charge is 0.350 e. The number of sulfonamides is 1. The van der Waals surface area contributed by atoms with E-state index < -0.39 is 21.8 Å². The Kier molecular flexibility index (Phi) is 5.85. The number of alkyl halides is 3. The predicted molar refractivity (Wildman–Crippen MR) is 52.0 cm³/mol. The first-order valence-corrected chi connectivity index (χ1v) is 6.23. The van der Waals surface area contributed by atoms with Crippen molar-refractivity contribution >= 4 is 21.6 Å². The third-order valence-corrected chi connectivity index (χ3v) is 3.01. The first-order chi connectivity index (χ1) is 6.29. The molecule has 14 heavy (non-hydrogen) atoms. The van der Waals surface area contributed by atoms with E-state index in [0.717, 1.165) is 0 Å². The van der Waals surface area contributed by atoms with Crippen LogP contribution in [0, 0.1) is 5.92 Å². The van der Waals surface area contributed by atoms with Gasteiger partial charge in [-0.2, -0.15) is 8.78 Å². The van der Waals surface area contributed by atoms with E-state index in [2.05, 4.69) is 0 Å². The smallest absolute Gasteiger partial charge is 0.206 e. The molecule has 0 amide bonds. The monoisotopic (exact) mass is 249 g/mol. The molecule has 7 heteroatoms. The maximum Gasteiger partial charge on any atom is 0.350 e. The zero-order valence-electron chi connectivity index (χ0n) is 8.00. The van der Waals surface area contributed by atoms with Gasteiger partial charge in [0.05, 0.1) is 0 Å². The van der Waals surface area contributed by atoms with E-state index in [1.807, 2.05) is 18.6 Å². The van der Waals surface area contributed by atoms with Crippen molar-refractivity contribution in [2.45, 2.75) is 32.1 Å². The molecule has 3 nitrogen and oxygen atoms in total. The van der Waals surface area contributed by atoms with Gasteiger partial charge >= 0.3 is 5.76 Å². The average molecular weight is 250 g/mol. The molecule has 0 saturated carbocycles. The second-order valence-electron chi connectivity index (χ2n) is 3.40. The lowest BCUT2D eigenvalue weighted by Gasteiger charge is -2.17. The minimum atomic E-state index is -4.52. The van der Waals surface area contributed by atoms with Gasteiger partial charge in [0.15, 0.2) is 0 Å². The van der Waals surface area contributed by atoms with E-state index in [0.29, 0.717) is 6.42 Å². The molecule has 0 aromatic heterocycles. The topological polar surface area (TPSA) is 46.2 Å². The Morgan fingerprint density at radius 1 is 1.36 bits per heavy atom. The third kappa shape index (κ3) is 5.07. The molecule has 0 aromatic carbocycles. The zero-order chi connectivity index (χ0) is 11.4. The summed E-state index contributed by atoms with van der Waals surface area (Å²) in [5, 5.41) is 0. The van der Waals surface area contributed by atoms with Crippen molar-refractivity contribution in [2.75, 3.05) is 5.88 Å². The highest BCUT2D eigenvalue weighted by molar-refractivity contribution is 7.89. The van der Waals surface area contributed by atoms with Crippen molar-refractivity contribution in [2.24, 2.45) is 5.92 Å². The summed E-state index contributed by atoms with van der Waals surface area (Å²) >= 11 is 5.45. The van der Waals surface area contributed by atoms with Gasteiger partial charge in [-0.3, -0.25) is 0 Å². The molecule has 0 rings (SSSR count). The zero-order valence-corrected chi connectivity index (χ0v) is 9.58. The molecule has 1 N–H and O–H groups in total. The summed E-state index contributed by atoms with van der Waals surface area (Å²) < 4.78 is 47.3. The molecule has 0 aromatic rings. The van der Waals surface area contributed by atoms with E-state index in [1.165, 1.54) is 0 Å². The van der Waals surface area contributed by atoms with E-state index in [1.54, 1.807) is 0 Å². The van der Waals surface area contributed by atoms with Gasteiger partial charge in [-0.15, -0.1) is 11.6 Å². The highest BCUT2D eigenvalue weighted by atomic mass is 35.5. The Morgan fingerprint density at radius 2 is 1.86 bits per heavy atom. The van der Waals surface area contributed by atoms with Crippen LogP contribution in [-0.2, 0) is 10.0 Å². The summed E-state index contributed by atoms with van der Waals surface area (Å²) in [6.45, 7) is 3.71. The molecule has 0 radical (unpaired) electrons. The summed E-state index contributed by atoms with van der Waals surface area (Å²) in [5.74, 6) is -3.22. The van der Waals surface area contributed by atoms with Gasteiger partial charge < -0.3 is 0 Å². The van der Waals surface area contributed by atoms with Crippen LogP contribution in [0.25, 0.3) is 0 Å². The Bertz CT molecular complexity index is 256. The fourth-order valence-electron chi connectivity index (χ4n) is 0.995. The molecule has 0 fully saturated rings. The fourth-order valence-corrected chi connectivity index (χ4v) is 2.04. The maximum absolute atomic E-state index is 12.0. The average Bonchev–Trinajstić information content (AvgIpc) is 2.01. The summed E-state index contributed by atoms with van der Waals surface area (Å²) in [6.07, 6.45) is 0.440. The second kappa shape index (κ2) is 5.82. The molecule has 86 valence electrons. The Labute approximate surface area is 87.9 Å². The molecule has 0 saturated heterocycles. The molecule has 0 aliphatic heterocycles. The Balaban J connectivity index is 4.32. The molecule has 0 aliphatic carbocycles. The third-order valence-electron chi connectivity index (χ3n) is 1.51. The standard InChI is InChI=1S/C7H14ClF2NO2S/c1-5(2)3-6(4-8)11-14(12,13)7(9)10/h5-7,11H,3-4H2,1-2H3. The molecule has 1 atom stereocenters. The van der Waals surface area contributed by atoms with Crippen molar-refractivity contribution in [1.82, 2.24) is 4.72 Å². The second-order valence-corrected chi connectivity index (χ2v) is 5.39. The van der Waals surface area contributed by atoms with E-state index in [-0.39, 0.29) is 11.8 Å². The van der Waals surface area contributed by atoms with Gasteiger partial charge in [0.2, 0.25) is 0 Å². The van der Waals surface area contributed by atoms with Crippen LogP contribution >= 0.6 is 11.6 Å². The van der Waals surface area contributed by atoms with Crippen LogP contribution < -0.4 is 4.72 Å².